The molecule has 1 aromatic rings. The Morgan fingerprint density at radius 2 is 2.11 bits per heavy atom. The van der Waals surface area contributed by atoms with E-state index in [1.807, 2.05) is 30.5 Å². The van der Waals surface area contributed by atoms with Gasteiger partial charge >= 0.3 is 5.97 Å². The molecule has 3 nitrogen and oxygen atoms in total. The average molecular weight is 253 g/mol. The number of hydrogen-bond donors (Lipinski definition) is 1. The fourth-order valence-corrected chi connectivity index (χ4v) is 2.51. The molecule has 3 rings (SSSR count). The Labute approximate surface area is 111 Å². The Morgan fingerprint density at radius 3 is 2.95 bits per heavy atom. The number of ether oxygens (including phenoxy) is 1. The Hall–Kier alpha value is -2.29. The maximum absolute atomic E-state index is 11.8. The largest absolute Gasteiger partial charge is 0.465 e. The highest BCUT2D eigenvalue weighted by atomic mass is 16.5. The lowest BCUT2D eigenvalue weighted by Gasteiger charge is -2.20. The first-order valence-electron chi connectivity index (χ1n) is 6.30. The number of methoxy groups -OCH3 is 1. The third kappa shape index (κ3) is 2.08. The predicted molar refractivity (Wildman–Crippen MR) is 74.7 cm³/mol. The van der Waals surface area contributed by atoms with Gasteiger partial charge in [0.2, 0.25) is 0 Å². The highest BCUT2D eigenvalue weighted by Crippen LogP contribution is 2.15. The molecular formula is C16H15NO2. The van der Waals surface area contributed by atoms with Gasteiger partial charge in [0.15, 0.2) is 0 Å². The third-order valence-corrected chi connectivity index (χ3v) is 3.51. The number of fused-ring (bicyclic) bond motifs is 2. The number of allylic oxidation sites excluding steroid dienone is 2. The molecule has 2 aliphatic rings. The Morgan fingerprint density at radius 1 is 1.26 bits per heavy atom. The van der Waals surface area contributed by atoms with Crippen molar-refractivity contribution in [1.82, 2.24) is 5.32 Å². The van der Waals surface area contributed by atoms with Crippen molar-refractivity contribution in [3.05, 3.63) is 58.5 Å². The standard InChI is InChI=1S/C16H15NO2/c1-19-16(18)13-7-4-6-12-10-17-15-8-3-2-5-11(15)9-14(12)13/h2-11,15,17H,1H3. The zero-order valence-electron chi connectivity index (χ0n) is 10.7. The van der Waals surface area contributed by atoms with Gasteiger partial charge in [0.05, 0.1) is 18.7 Å². The Balaban J connectivity index is 2.22. The van der Waals surface area contributed by atoms with Gasteiger partial charge in [0.25, 0.3) is 0 Å². The van der Waals surface area contributed by atoms with E-state index in [2.05, 4.69) is 23.5 Å². The topological polar surface area (TPSA) is 38.3 Å². The van der Waals surface area contributed by atoms with Crippen molar-refractivity contribution in [2.45, 2.75) is 6.04 Å². The second-order valence-corrected chi connectivity index (χ2v) is 4.65. The van der Waals surface area contributed by atoms with E-state index in [1.54, 1.807) is 6.07 Å². The van der Waals surface area contributed by atoms with Crippen LogP contribution in [0.2, 0.25) is 0 Å². The quantitative estimate of drug-likeness (QED) is 0.749. The molecule has 0 fully saturated rings. The summed E-state index contributed by atoms with van der Waals surface area (Å²) in [6.45, 7) is 0. The van der Waals surface area contributed by atoms with Crippen molar-refractivity contribution in [2.24, 2.45) is 5.92 Å². The van der Waals surface area contributed by atoms with Gasteiger partial charge in [-0.15, -0.1) is 0 Å². The number of esters is 1. The summed E-state index contributed by atoms with van der Waals surface area (Å²) in [7, 11) is 1.41. The molecule has 0 bridgehead atoms. The molecule has 3 heteroatoms. The maximum Gasteiger partial charge on any atom is 0.338 e. The number of nitrogens with one attached hydrogen (secondary N) is 1. The van der Waals surface area contributed by atoms with Crippen LogP contribution in [0.1, 0.15) is 10.4 Å². The number of rotatable bonds is 1. The summed E-state index contributed by atoms with van der Waals surface area (Å²) in [5.74, 6) is -0.0522. The van der Waals surface area contributed by atoms with E-state index in [9.17, 15) is 4.79 Å². The van der Waals surface area contributed by atoms with E-state index in [-0.39, 0.29) is 17.9 Å². The van der Waals surface area contributed by atoms with Crippen LogP contribution in [-0.4, -0.2) is 19.1 Å². The molecule has 1 aromatic carbocycles. The third-order valence-electron chi connectivity index (χ3n) is 3.51. The van der Waals surface area contributed by atoms with Crippen molar-refractivity contribution in [2.75, 3.05) is 7.11 Å². The maximum atomic E-state index is 11.8. The minimum absolute atomic E-state index is 0.239. The van der Waals surface area contributed by atoms with Crippen LogP contribution >= 0.6 is 0 Å². The van der Waals surface area contributed by atoms with E-state index >= 15 is 0 Å². The number of carbonyl (C=O) groups excluding carboxylic acids is 1. The van der Waals surface area contributed by atoms with Crippen molar-refractivity contribution >= 4 is 18.2 Å². The molecule has 0 aromatic heterocycles. The summed E-state index contributed by atoms with van der Waals surface area (Å²) >= 11 is 0. The Kier molecular flexibility index (Phi) is 2.95. The normalized spacial score (nSPS) is 23.0. The van der Waals surface area contributed by atoms with Crippen molar-refractivity contribution in [3.63, 3.8) is 0 Å². The zero-order valence-corrected chi connectivity index (χ0v) is 10.7. The molecule has 0 spiro atoms. The van der Waals surface area contributed by atoms with Gasteiger partial charge in [-0.05, 0) is 16.5 Å². The summed E-state index contributed by atoms with van der Waals surface area (Å²) in [5.41, 5.74) is 0.613. The molecule has 0 amide bonds. The summed E-state index contributed by atoms with van der Waals surface area (Å²) in [6.07, 6.45) is 12.4. The van der Waals surface area contributed by atoms with Gasteiger partial charge < -0.3 is 10.1 Å². The highest BCUT2D eigenvalue weighted by molar-refractivity contribution is 5.90. The van der Waals surface area contributed by atoms with Gasteiger partial charge in [0.1, 0.15) is 0 Å². The molecule has 2 unspecified atom stereocenters. The summed E-state index contributed by atoms with van der Waals surface area (Å²) in [5, 5.41) is 5.33. The monoisotopic (exact) mass is 253 g/mol. The number of hydrogen-bond acceptors (Lipinski definition) is 3. The van der Waals surface area contributed by atoms with Crippen molar-refractivity contribution in [1.29, 1.82) is 0 Å². The minimum atomic E-state index is -0.296. The highest BCUT2D eigenvalue weighted by Gasteiger charge is 2.18. The van der Waals surface area contributed by atoms with Crippen LogP contribution < -0.4 is 15.8 Å². The van der Waals surface area contributed by atoms with Gasteiger partial charge in [-0.1, -0.05) is 42.5 Å². The summed E-state index contributed by atoms with van der Waals surface area (Å²) in [6, 6.07) is 5.91. The van der Waals surface area contributed by atoms with Gasteiger partial charge in [-0.3, -0.25) is 0 Å². The lowest BCUT2D eigenvalue weighted by atomic mass is 9.94. The molecule has 96 valence electrons. The van der Waals surface area contributed by atoms with Gasteiger partial charge in [0, 0.05) is 12.1 Å². The second-order valence-electron chi connectivity index (χ2n) is 4.65. The summed E-state index contributed by atoms with van der Waals surface area (Å²) in [4.78, 5) is 11.8. The van der Waals surface area contributed by atoms with Gasteiger partial charge in [-0.2, -0.15) is 0 Å². The van der Waals surface area contributed by atoms with Crippen molar-refractivity contribution in [3.8, 4) is 0 Å². The van der Waals surface area contributed by atoms with E-state index in [0.29, 0.717) is 5.56 Å². The molecule has 0 saturated carbocycles. The van der Waals surface area contributed by atoms with Crippen LogP contribution in [0, 0.1) is 5.92 Å². The van der Waals surface area contributed by atoms with E-state index in [0.717, 1.165) is 10.4 Å². The zero-order chi connectivity index (χ0) is 13.2. The first-order chi connectivity index (χ1) is 9.29. The molecule has 2 atom stereocenters. The van der Waals surface area contributed by atoms with Crippen LogP contribution in [0.3, 0.4) is 0 Å². The molecule has 0 saturated heterocycles. The number of benzene rings is 1. The van der Waals surface area contributed by atoms with Crippen LogP contribution in [0.4, 0.5) is 0 Å². The van der Waals surface area contributed by atoms with E-state index in [4.69, 9.17) is 4.74 Å². The molecule has 1 heterocycles. The minimum Gasteiger partial charge on any atom is -0.465 e. The lowest BCUT2D eigenvalue weighted by Crippen LogP contribution is -2.31. The second kappa shape index (κ2) is 4.76. The fourth-order valence-electron chi connectivity index (χ4n) is 2.51. The van der Waals surface area contributed by atoms with Crippen LogP contribution in [0.15, 0.2) is 42.5 Å². The van der Waals surface area contributed by atoms with Gasteiger partial charge in [-0.25, -0.2) is 4.79 Å². The number of carbonyl (C=O) groups is 1. The van der Waals surface area contributed by atoms with E-state index < -0.39 is 0 Å². The van der Waals surface area contributed by atoms with E-state index in [1.165, 1.54) is 7.11 Å². The predicted octanol–water partition coefficient (Wildman–Crippen LogP) is 0.706. The molecule has 1 aliphatic carbocycles. The SMILES string of the molecule is COC(=O)c1cccc2c1=CC1C=CC=CC1NC=2. The Bertz CT molecular complexity index is 685. The van der Waals surface area contributed by atoms with Crippen molar-refractivity contribution < 1.29 is 9.53 Å². The van der Waals surface area contributed by atoms with Crippen LogP contribution in [-0.2, 0) is 4.74 Å². The molecule has 1 N–H and O–H groups in total. The smallest absolute Gasteiger partial charge is 0.338 e. The lowest BCUT2D eigenvalue weighted by molar-refractivity contribution is 0.0599. The average Bonchev–Trinajstić information content (AvgIpc) is 2.65. The summed E-state index contributed by atoms with van der Waals surface area (Å²) < 4.78 is 4.85. The first-order valence-corrected chi connectivity index (χ1v) is 6.30. The molecular weight excluding hydrogens is 238 g/mol. The molecule has 1 aliphatic heterocycles. The fraction of sp³-hybridized carbons (Fsp3) is 0.188. The van der Waals surface area contributed by atoms with Crippen LogP contribution in [0.25, 0.3) is 12.3 Å². The van der Waals surface area contributed by atoms with Crippen LogP contribution in [0.5, 0.6) is 0 Å². The molecule has 19 heavy (non-hydrogen) atoms. The molecule has 0 radical (unpaired) electrons. The first kappa shape index (κ1) is 11.8.